The van der Waals surface area contributed by atoms with E-state index in [-0.39, 0.29) is 5.97 Å². The van der Waals surface area contributed by atoms with Crippen molar-refractivity contribution < 1.29 is 19.0 Å². The number of nitrogens with zero attached hydrogens (tertiary/aromatic N) is 1. The third kappa shape index (κ3) is 4.41. The fourth-order valence-electron chi connectivity index (χ4n) is 5.60. The summed E-state index contributed by atoms with van der Waals surface area (Å²) >= 11 is 0. The Morgan fingerprint density at radius 2 is 1.64 bits per heavy atom. The zero-order valence-electron chi connectivity index (χ0n) is 22.3. The molecule has 0 aromatic heterocycles. The van der Waals surface area contributed by atoms with Crippen molar-refractivity contribution in [1.82, 2.24) is 0 Å². The van der Waals surface area contributed by atoms with Gasteiger partial charge in [0.05, 0.1) is 5.56 Å². The summed E-state index contributed by atoms with van der Waals surface area (Å²) in [6.45, 7) is 7.36. The molecular formula is C33H32N2O4. The molecule has 0 amide bonds. The normalized spacial score (nSPS) is 16.6. The van der Waals surface area contributed by atoms with Crippen LogP contribution in [0.15, 0.2) is 91.0 Å². The van der Waals surface area contributed by atoms with Crippen LogP contribution in [0.5, 0.6) is 11.5 Å². The second-order valence-corrected chi connectivity index (χ2v) is 9.73. The zero-order valence-corrected chi connectivity index (χ0v) is 22.3. The predicted octanol–water partition coefficient (Wildman–Crippen LogP) is 7.25. The molecule has 4 aromatic rings. The van der Waals surface area contributed by atoms with Gasteiger partial charge in [-0.3, -0.25) is 0 Å². The smallest absolute Gasteiger partial charge is 0.340 e. The van der Waals surface area contributed by atoms with Crippen LogP contribution in [0, 0.1) is 0 Å². The third-order valence-corrected chi connectivity index (χ3v) is 7.43. The molecule has 4 aromatic carbocycles. The highest BCUT2D eigenvalue weighted by atomic mass is 16.6. The molecule has 2 aliphatic rings. The van der Waals surface area contributed by atoms with Gasteiger partial charge in [-0.1, -0.05) is 36.4 Å². The van der Waals surface area contributed by atoms with Crippen LogP contribution in [-0.2, 0) is 15.1 Å². The Labute approximate surface area is 229 Å². The molecule has 2 aliphatic heterocycles. The molecule has 0 radical (unpaired) electrons. The minimum atomic E-state index is -1.10. The highest BCUT2D eigenvalue weighted by molar-refractivity contribution is 5.97. The molecule has 6 heteroatoms. The van der Waals surface area contributed by atoms with Gasteiger partial charge in [0, 0.05) is 66.1 Å². The quantitative estimate of drug-likeness (QED) is 0.185. The number of carbonyl (C=O) groups is 1. The molecule has 6 nitrogen and oxygen atoms in total. The van der Waals surface area contributed by atoms with E-state index < -0.39 is 5.60 Å². The minimum absolute atomic E-state index is 0.332. The Bertz CT molecular complexity index is 1500. The Hall–Kier alpha value is -4.29. The monoisotopic (exact) mass is 520 g/mol. The largest absolute Gasteiger partial charge is 0.456 e. The SMILES string of the molecule is CCOCCCN(CC)c1ccc2c(c1)Oc1ccc(Nc3ccccc3)cc1C21OC(=O)c2ccccc21. The van der Waals surface area contributed by atoms with Crippen molar-refractivity contribution in [2.45, 2.75) is 25.9 Å². The average molecular weight is 521 g/mol. The maximum absolute atomic E-state index is 13.2. The highest BCUT2D eigenvalue weighted by Gasteiger charge is 2.53. The molecule has 2 heterocycles. The average Bonchev–Trinajstić information content (AvgIpc) is 3.26. The lowest BCUT2D eigenvalue weighted by atomic mass is 9.77. The molecule has 1 N–H and O–H groups in total. The van der Waals surface area contributed by atoms with Crippen LogP contribution in [0.3, 0.4) is 0 Å². The molecular weight excluding hydrogens is 488 g/mol. The lowest BCUT2D eigenvalue weighted by Crippen LogP contribution is -2.33. The van der Waals surface area contributed by atoms with Crippen molar-refractivity contribution in [2.75, 3.05) is 36.5 Å². The van der Waals surface area contributed by atoms with Gasteiger partial charge < -0.3 is 24.4 Å². The number of anilines is 3. The van der Waals surface area contributed by atoms with E-state index in [1.165, 1.54) is 0 Å². The number of fused-ring (bicyclic) bond motifs is 6. The summed E-state index contributed by atoms with van der Waals surface area (Å²) in [4.78, 5) is 15.5. The van der Waals surface area contributed by atoms with Crippen molar-refractivity contribution in [3.05, 3.63) is 113 Å². The van der Waals surface area contributed by atoms with Crippen molar-refractivity contribution in [3.63, 3.8) is 0 Å². The summed E-state index contributed by atoms with van der Waals surface area (Å²) in [7, 11) is 0. The lowest BCUT2D eigenvalue weighted by molar-refractivity contribution is 0.0224. The van der Waals surface area contributed by atoms with Crippen LogP contribution in [0.1, 0.15) is 47.3 Å². The number of carbonyl (C=O) groups excluding carboxylic acids is 1. The first kappa shape index (κ1) is 25.0. The summed E-state index contributed by atoms with van der Waals surface area (Å²) in [5, 5.41) is 3.47. The first-order chi connectivity index (χ1) is 19.1. The van der Waals surface area contributed by atoms with Crippen LogP contribution in [0.4, 0.5) is 17.1 Å². The van der Waals surface area contributed by atoms with E-state index in [1.807, 2.05) is 85.8 Å². The topological polar surface area (TPSA) is 60.0 Å². The molecule has 198 valence electrons. The third-order valence-electron chi connectivity index (χ3n) is 7.43. The minimum Gasteiger partial charge on any atom is -0.456 e. The first-order valence-corrected chi connectivity index (χ1v) is 13.6. The van der Waals surface area contributed by atoms with Gasteiger partial charge in [0.25, 0.3) is 0 Å². The molecule has 1 unspecified atom stereocenters. The summed E-state index contributed by atoms with van der Waals surface area (Å²) in [5.41, 5.74) is 4.84. The predicted molar refractivity (Wildman–Crippen MR) is 153 cm³/mol. The van der Waals surface area contributed by atoms with Crippen molar-refractivity contribution >= 4 is 23.0 Å². The number of benzene rings is 4. The van der Waals surface area contributed by atoms with Crippen molar-refractivity contribution in [3.8, 4) is 11.5 Å². The molecule has 1 spiro atoms. The fourth-order valence-corrected chi connectivity index (χ4v) is 5.60. The van der Waals surface area contributed by atoms with Crippen molar-refractivity contribution in [1.29, 1.82) is 0 Å². The van der Waals surface area contributed by atoms with Crippen LogP contribution < -0.4 is 15.0 Å². The fraction of sp³-hybridized carbons (Fsp3) is 0.242. The summed E-state index contributed by atoms with van der Waals surface area (Å²) < 4.78 is 18.4. The maximum Gasteiger partial charge on any atom is 0.340 e. The van der Waals surface area contributed by atoms with Gasteiger partial charge in [-0.05, 0) is 68.8 Å². The van der Waals surface area contributed by atoms with Gasteiger partial charge in [0.1, 0.15) is 11.5 Å². The molecule has 0 bridgehead atoms. The Balaban J connectivity index is 1.45. The maximum atomic E-state index is 13.2. The molecule has 0 aliphatic carbocycles. The summed E-state index contributed by atoms with van der Waals surface area (Å²) in [6, 6.07) is 29.8. The van der Waals surface area contributed by atoms with Gasteiger partial charge in [-0.15, -0.1) is 0 Å². The first-order valence-electron chi connectivity index (χ1n) is 13.6. The zero-order chi connectivity index (χ0) is 26.8. The van der Waals surface area contributed by atoms with Crippen LogP contribution >= 0.6 is 0 Å². The molecule has 39 heavy (non-hydrogen) atoms. The van der Waals surface area contributed by atoms with Crippen LogP contribution in [0.2, 0.25) is 0 Å². The van der Waals surface area contributed by atoms with Gasteiger partial charge >= 0.3 is 5.97 Å². The molecule has 0 saturated heterocycles. The number of esters is 1. The van der Waals surface area contributed by atoms with E-state index in [4.69, 9.17) is 14.2 Å². The molecule has 0 saturated carbocycles. The number of rotatable bonds is 9. The Morgan fingerprint density at radius 3 is 2.46 bits per heavy atom. The standard InChI is InChI=1S/C33H32N2O4/c1-3-35(19-10-20-37-4-2)25-16-17-28-31(22-25)38-30-18-15-24(34-23-11-6-5-7-12-23)21-29(30)33(28)27-14-9-8-13-26(27)32(36)39-33/h5-9,11-18,21-22,34H,3-4,10,19-20H2,1-2H3. The van der Waals surface area contributed by atoms with Crippen LogP contribution in [-0.4, -0.2) is 32.3 Å². The number of nitrogens with one attached hydrogen (secondary N) is 1. The second-order valence-electron chi connectivity index (χ2n) is 9.73. The van der Waals surface area contributed by atoms with E-state index in [0.717, 1.165) is 66.5 Å². The summed E-state index contributed by atoms with van der Waals surface area (Å²) in [6.07, 6.45) is 0.939. The van der Waals surface area contributed by atoms with Gasteiger partial charge in [-0.25, -0.2) is 4.79 Å². The Kier molecular flexibility index (Phi) is 6.71. The van der Waals surface area contributed by atoms with Gasteiger partial charge in [-0.2, -0.15) is 0 Å². The lowest BCUT2D eigenvalue weighted by Gasteiger charge is -2.37. The summed E-state index contributed by atoms with van der Waals surface area (Å²) in [5.74, 6) is 1.03. The number of hydrogen-bond acceptors (Lipinski definition) is 6. The van der Waals surface area contributed by atoms with E-state index in [2.05, 4.69) is 29.3 Å². The van der Waals surface area contributed by atoms with Crippen LogP contribution in [0.25, 0.3) is 0 Å². The molecule has 1 atom stereocenters. The second kappa shape index (κ2) is 10.5. The van der Waals surface area contributed by atoms with Crippen molar-refractivity contribution in [2.24, 2.45) is 0 Å². The van der Waals surface area contributed by atoms with E-state index in [9.17, 15) is 4.79 Å². The van der Waals surface area contributed by atoms with Gasteiger partial charge in [0.15, 0.2) is 5.60 Å². The van der Waals surface area contributed by atoms with E-state index in [0.29, 0.717) is 17.1 Å². The highest BCUT2D eigenvalue weighted by Crippen LogP contribution is 2.57. The Morgan fingerprint density at radius 1 is 0.821 bits per heavy atom. The number of hydrogen-bond donors (Lipinski definition) is 1. The number of para-hydroxylation sites is 1. The number of ether oxygens (including phenoxy) is 3. The van der Waals surface area contributed by atoms with E-state index in [1.54, 1.807) is 0 Å². The molecule has 0 fully saturated rings. The van der Waals surface area contributed by atoms with E-state index >= 15 is 0 Å². The molecule has 6 rings (SSSR count). The van der Waals surface area contributed by atoms with Gasteiger partial charge in [0.2, 0.25) is 0 Å².